The topological polar surface area (TPSA) is 93.1 Å². The van der Waals surface area contributed by atoms with Crippen LogP contribution in [0.5, 0.6) is 0 Å². The number of ether oxygens (including phenoxy) is 2. The van der Waals surface area contributed by atoms with Crippen molar-refractivity contribution in [2.75, 3.05) is 27.3 Å². The van der Waals surface area contributed by atoms with E-state index in [1.807, 2.05) is 0 Å². The van der Waals surface area contributed by atoms with Crippen LogP contribution in [0.2, 0.25) is 0 Å². The highest BCUT2D eigenvalue weighted by Gasteiger charge is 2.50. The number of piperidine rings is 1. The fourth-order valence-electron chi connectivity index (χ4n) is 1.96. The number of esters is 2. The minimum Gasteiger partial charge on any atom is -0.468 e. The van der Waals surface area contributed by atoms with Gasteiger partial charge in [-0.2, -0.15) is 0 Å². The molecule has 1 aliphatic heterocycles. The molecule has 7 heteroatoms. The van der Waals surface area contributed by atoms with Gasteiger partial charge in [-0.3, -0.25) is 9.59 Å². The van der Waals surface area contributed by atoms with E-state index in [0.29, 0.717) is 0 Å². The van der Waals surface area contributed by atoms with Gasteiger partial charge in [-0.25, -0.2) is 4.79 Å². The van der Waals surface area contributed by atoms with Crippen LogP contribution in [0.3, 0.4) is 0 Å². The largest absolute Gasteiger partial charge is 0.468 e. The molecule has 96 valence electrons. The number of carbonyl (C=O) groups is 3. The van der Waals surface area contributed by atoms with Crippen molar-refractivity contribution in [2.24, 2.45) is 5.41 Å². The molecule has 1 heterocycles. The molecule has 1 saturated heterocycles. The second-order valence-corrected chi connectivity index (χ2v) is 3.83. The predicted molar refractivity (Wildman–Crippen MR) is 55.3 cm³/mol. The van der Waals surface area contributed by atoms with Crippen LogP contribution < -0.4 is 0 Å². The quantitative estimate of drug-likeness (QED) is 0.547. The summed E-state index contributed by atoms with van der Waals surface area (Å²) in [5.74, 6) is -1.34. The summed E-state index contributed by atoms with van der Waals surface area (Å²) in [5.41, 5.74) is -1.37. The number of nitrogens with zero attached hydrogens (tertiary/aromatic N) is 1. The summed E-state index contributed by atoms with van der Waals surface area (Å²) < 4.78 is 9.21. The molecule has 17 heavy (non-hydrogen) atoms. The van der Waals surface area contributed by atoms with Gasteiger partial charge in [0.25, 0.3) is 0 Å². The summed E-state index contributed by atoms with van der Waals surface area (Å²) in [5, 5.41) is 8.79. The van der Waals surface area contributed by atoms with E-state index in [0.717, 1.165) is 4.90 Å². The average Bonchev–Trinajstić information content (AvgIpc) is 2.36. The Labute approximate surface area is 98.3 Å². The zero-order chi connectivity index (χ0) is 13.1. The first kappa shape index (κ1) is 13.3. The van der Waals surface area contributed by atoms with E-state index in [1.54, 1.807) is 0 Å². The van der Waals surface area contributed by atoms with Crippen molar-refractivity contribution in [3.63, 3.8) is 0 Å². The van der Waals surface area contributed by atoms with Gasteiger partial charge in [-0.05, 0) is 12.8 Å². The maximum absolute atomic E-state index is 11.7. The first-order valence-corrected chi connectivity index (χ1v) is 5.12. The van der Waals surface area contributed by atoms with Crippen LogP contribution in [0.15, 0.2) is 0 Å². The lowest BCUT2D eigenvalue weighted by atomic mass is 9.78. The molecule has 0 unspecified atom stereocenters. The predicted octanol–water partition coefficient (Wildman–Crippen LogP) is 0.0926. The van der Waals surface area contributed by atoms with Crippen molar-refractivity contribution in [1.82, 2.24) is 4.90 Å². The van der Waals surface area contributed by atoms with Crippen molar-refractivity contribution in [3.8, 4) is 0 Å². The normalized spacial score (nSPS) is 18.4. The number of carboxylic acid groups (broad SMARTS) is 1. The molecule has 0 saturated carbocycles. The lowest BCUT2D eigenvalue weighted by molar-refractivity contribution is -0.172. The molecule has 0 aliphatic carbocycles. The summed E-state index contributed by atoms with van der Waals surface area (Å²) in [6.07, 6.45) is -0.898. The van der Waals surface area contributed by atoms with Gasteiger partial charge in [-0.15, -0.1) is 0 Å². The molecule has 1 rings (SSSR count). The molecule has 1 amide bonds. The van der Waals surface area contributed by atoms with Crippen molar-refractivity contribution in [3.05, 3.63) is 0 Å². The highest BCUT2D eigenvalue weighted by atomic mass is 16.5. The monoisotopic (exact) mass is 245 g/mol. The molecule has 1 aliphatic rings. The van der Waals surface area contributed by atoms with Gasteiger partial charge < -0.3 is 19.5 Å². The molecular weight excluding hydrogens is 230 g/mol. The Morgan fingerprint density at radius 1 is 1.06 bits per heavy atom. The summed E-state index contributed by atoms with van der Waals surface area (Å²) in [7, 11) is 2.38. The van der Waals surface area contributed by atoms with Crippen molar-refractivity contribution in [1.29, 1.82) is 0 Å². The Balaban J connectivity index is 2.86. The van der Waals surface area contributed by atoms with Gasteiger partial charge in [0.1, 0.15) is 0 Å². The first-order valence-electron chi connectivity index (χ1n) is 5.12. The van der Waals surface area contributed by atoms with E-state index in [2.05, 4.69) is 9.47 Å². The average molecular weight is 245 g/mol. The molecule has 7 nitrogen and oxygen atoms in total. The zero-order valence-electron chi connectivity index (χ0n) is 9.76. The SMILES string of the molecule is COC(=O)C1(C(=O)OC)CCN(C(=O)O)CC1. The third kappa shape index (κ3) is 2.32. The second kappa shape index (κ2) is 5.03. The van der Waals surface area contributed by atoms with Crippen LogP contribution in [0.4, 0.5) is 4.79 Å². The van der Waals surface area contributed by atoms with Crippen LogP contribution in [-0.4, -0.2) is 55.3 Å². The van der Waals surface area contributed by atoms with Gasteiger partial charge in [0.05, 0.1) is 14.2 Å². The van der Waals surface area contributed by atoms with E-state index in [9.17, 15) is 14.4 Å². The van der Waals surface area contributed by atoms with E-state index >= 15 is 0 Å². The van der Waals surface area contributed by atoms with Crippen molar-refractivity contribution < 1.29 is 29.0 Å². The fourth-order valence-corrected chi connectivity index (χ4v) is 1.96. The number of rotatable bonds is 2. The number of hydrogen-bond donors (Lipinski definition) is 1. The van der Waals surface area contributed by atoms with Gasteiger partial charge in [-0.1, -0.05) is 0 Å². The molecule has 0 spiro atoms. The second-order valence-electron chi connectivity index (χ2n) is 3.83. The van der Waals surface area contributed by atoms with Crippen LogP contribution in [0.1, 0.15) is 12.8 Å². The minimum atomic E-state index is -1.37. The number of hydrogen-bond acceptors (Lipinski definition) is 5. The van der Waals surface area contributed by atoms with E-state index in [1.165, 1.54) is 14.2 Å². The molecule has 1 N–H and O–H groups in total. The van der Waals surface area contributed by atoms with E-state index in [-0.39, 0.29) is 25.9 Å². The summed E-state index contributed by atoms with van der Waals surface area (Å²) in [6.45, 7) is 0.221. The lowest BCUT2D eigenvalue weighted by Crippen LogP contribution is -2.51. The van der Waals surface area contributed by atoms with Crippen molar-refractivity contribution in [2.45, 2.75) is 12.8 Å². The number of methoxy groups -OCH3 is 2. The molecule has 0 bridgehead atoms. The highest BCUT2D eigenvalue weighted by molar-refractivity contribution is 6.00. The van der Waals surface area contributed by atoms with Crippen LogP contribution in [-0.2, 0) is 19.1 Å². The molecule has 0 aromatic carbocycles. The molecule has 0 atom stereocenters. The molecular formula is C10H15NO6. The Kier molecular flexibility index (Phi) is 3.93. The summed E-state index contributed by atoms with van der Waals surface area (Å²) >= 11 is 0. The Hall–Kier alpha value is -1.79. The molecule has 0 radical (unpaired) electrons. The van der Waals surface area contributed by atoms with Crippen LogP contribution >= 0.6 is 0 Å². The van der Waals surface area contributed by atoms with E-state index < -0.39 is 23.4 Å². The molecule has 0 aromatic heterocycles. The molecule has 0 aromatic rings. The Morgan fingerprint density at radius 3 is 1.76 bits per heavy atom. The van der Waals surface area contributed by atoms with Crippen LogP contribution in [0.25, 0.3) is 0 Å². The Bertz CT molecular complexity index is 314. The van der Waals surface area contributed by atoms with Gasteiger partial charge in [0.15, 0.2) is 5.41 Å². The zero-order valence-corrected chi connectivity index (χ0v) is 9.76. The van der Waals surface area contributed by atoms with Crippen molar-refractivity contribution >= 4 is 18.0 Å². The first-order chi connectivity index (χ1) is 7.97. The van der Waals surface area contributed by atoms with Crippen LogP contribution in [0, 0.1) is 5.41 Å². The fraction of sp³-hybridized carbons (Fsp3) is 0.700. The highest BCUT2D eigenvalue weighted by Crippen LogP contribution is 2.34. The van der Waals surface area contributed by atoms with Gasteiger partial charge in [0.2, 0.25) is 0 Å². The third-order valence-corrected chi connectivity index (χ3v) is 3.04. The maximum atomic E-state index is 11.7. The number of carbonyl (C=O) groups excluding carboxylic acids is 2. The Morgan fingerprint density at radius 2 is 1.47 bits per heavy atom. The third-order valence-electron chi connectivity index (χ3n) is 3.04. The number of likely N-dealkylation sites (tertiary alicyclic amines) is 1. The molecule has 1 fully saturated rings. The van der Waals surface area contributed by atoms with Gasteiger partial charge in [0, 0.05) is 13.1 Å². The summed E-state index contributed by atoms with van der Waals surface area (Å²) in [4.78, 5) is 35.2. The smallest absolute Gasteiger partial charge is 0.407 e. The van der Waals surface area contributed by atoms with Gasteiger partial charge >= 0.3 is 18.0 Å². The van der Waals surface area contributed by atoms with E-state index in [4.69, 9.17) is 5.11 Å². The maximum Gasteiger partial charge on any atom is 0.407 e. The minimum absolute atomic E-state index is 0.0820. The summed E-state index contributed by atoms with van der Waals surface area (Å²) in [6, 6.07) is 0. The number of amides is 1. The lowest BCUT2D eigenvalue weighted by Gasteiger charge is -2.36. The standard InChI is InChI=1S/C10H15NO6/c1-16-7(12)10(8(13)17-2)3-5-11(6-4-10)9(14)15/h3-6H2,1-2H3,(H,14,15).